The first-order valence-corrected chi connectivity index (χ1v) is 7.29. The number of nitro groups is 1. The van der Waals surface area contributed by atoms with E-state index in [9.17, 15) is 19.8 Å². The van der Waals surface area contributed by atoms with Crippen LogP contribution in [0.15, 0.2) is 65.1 Å². The Hall–Kier alpha value is -3.72. The van der Waals surface area contributed by atoms with Crippen LogP contribution in [0.1, 0.15) is 11.3 Å². The maximum absolute atomic E-state index is 13.3. The lowest BCUT2D eigenvalue weighted by Crippen LogP contribution is -1.88. The molecule has 1 aromatic heterocycles. The zero-order chi connectivity index (χ0) is 17.8. The number of allylic oxidation sites excluding steroid dienone is 1. The van der Waals surface area contributed by atoms with Gasteiger partial charge in [0.2, 0.25) is 0 Å². The molecule has 0 bridgehead atoms. The highest BCUT2D eigenvalue weighted by Gasteiger charge is 2.09. The Balaban J connectivity index is 1.90. The summed E-state index contributed by atoms with van der Waals surface area (Å²) in [5, 5.41) is 20.0. The molecule has 0 radical (unpaired) electrons. The summed E-state index contributed by atoms with van der Waals surface area (Å²) in [6.07, 6.45) is 1.53. The number of hydrogen-bond donors (Lipinski definition) is 0. The quantitative estimate of drug-likeness (QED) is 0.379. The van der Waals surface area contributed by atoms with E-state index in [-0.39, 0.29) is 11.5 Å². The fourth-order valence-corrected chi connectivity index (χ4v) is 2.31. The molecule has 0 unspecified atom stereocenters. The van der Waals surface area contributed by atoms with Crippen molar-refractivity contribution in [2.45, 2.75) is 0 Å². The van der Waals surface area contributed by atoms with E-state index in [4.69, 9.17) is 4.42 Å². The van der Waals surface area contributed by atoms with Gasteiger partial charge in [-0.15, -0.1) is 0 Å². The van der Waals surface area contributed by atoms with Gasteiger partial charge in [0.05, 0.1) is 16.6 Å². The second-order valence-corrected chi connectivity index (χ2v) is 5.19. The summed E-state index contributed by atoms with van der Waals surface area (Å²) in [6, 6.07) is 17.1. The van der Waals surface area contributed by atoms with E-state index in [2.05, 4.69) is 0 Å². The van der Waals surface area contributed by atoms with Gasteiger partial charge in [0.25, 0.3) is 5.69 Å². The van der Waals surface area contributed by atoms with Gasteiger partial charge in [0.15, 0.2) is 0 Å². The van der Waals surface area contributed by atoms with E-state index >= 15 is 0 Å². The largest absolute Gasteiger partial charge is 0.457 e. The van der Waals surface area contributed by atoms with Gasteiger partial charge >= 0.3 is 0 Å². The molecule has 122 valence electrons. The van der Waals surface area contributed by atoms with Gasteiger partial charge in [0, 0.05) is 17.7 Å². The lowest BCUT2D eigenvalue weighted by atomic mass is 10.1. The van der Waals surface area contributed by atoms with Crippen molar-refractivity contribution >= 4 is 17.3 Å². The third-order valence-corrected chi connectivity index (χ3v) is 3.53. The van der Waals surface area contributed by atoms with Crippen LogP contribution in [-0.2, 0) is 0 Å². The monoisotopic (exact) mass is 334 g/mol. The number of nitrogens with zero attached hydrogens (tertiary/aromatic N) is 2. The third kappa shape index (κ3) is 3.62. The molecule has 0 N–H and O–H groups in total. The van der Waals surface area contributed by atoms with Gasteiger partial charge in [-0.05, 0) is 48.0 Å². The summed E-state index contributed by atoms with van der Waals surface area (Å²) in [4.78, 5) is 10.2. The van der Waals surface area contributed by atoms with Crippen LogP contribution in [0, 0.1) is 27.3 Å². The Labute approximate surface area is 142 Å². The molecule has 0 fully saturated rings. The van der Waals surface area contributed by atoms with Crippen molar-refractivity contribution in [2.75, 3.05) is 0 Å². The third-order valence-electron chi connectivity index (χ3n) is 3.53. The van der Waals surface area contributed by atoms with Crippen molar-refractivity contribution in [3.8, 4) is 17.4 Å². The molecule has 0 atom stereocenters. The number of non-ortho nitro benzene ring substituents is 1. The second kappa shape index (κ2) is 6.81. The first kappa shape index (κ1) is 16.1. The molecular formula is C19H11FN2O3. The number of nitriles is 1. The van der Waals surface area contributed by atoms with E-state index in [0.717, 1.165) is 0 Å². The summed E-state index contributed by atoms with van der Waals surface area (Å²) >= 11 is 0. The first-order valence-electron chi connectivity index (χ1n) is 7.29. The van der Waals surface area contributed by atoms with E-state index < -0.39 is 4.92 Å². The van der Waals surface area contributed by atoms with Crippen molar-refractivity contribution < 1.29 is 13.7 Å². The fourth-order valence-electron chi connectivity index (χ4n) is 2.31. The van der Waals surface area contributed by atoms with Crippen molar-refractivity contribution in [1.82, 2.24) is 0 Å². The Morgan fingerprint density at radius 2 is 1.92 bits per heavy atom. The highest BCUT2D eigenvalue weighted by molar-refractivity contribution is 5.89. The van der Waals surface area contributed by atoms with Crippen molar-refractivity contribution in [3.63, 3.8) is 0 Å². The zero-order valence-corrected chi connectivity index (χ0v) is 12.8. The number of hydrogen-bond acceptors (Lipinski definition) is 4. The maximum Gasteiger partial charge on any atom is 0.269 e. The van der Waals surface area contributed by atoms with Gasteiger partial charge in [-0.1, -0.05) is 12.1 Å². The van der Waals surface area contributed by atoms with Crippen molar-refractivity contribution in [1.29, 1.82) is 5.26 Å². The topological polar surface area (TPSA) is 80.1 Å². The molecule has 0 saturated carbocycles. The minimum absolute atomic E-state index is 0.0487. The van der Waals surface area contributed by atoms with E-state index in [1.807, 2.05) is 6.07 Å². The van der Waals surface area contributed by atoms with E-state index in [1.165, 1.54) is 42.5 Å². The normalized spacial score (nSPS) is 11.1. The van der Waals surface area contributed by atoms with Crippen LogP contribution in [0.25, 0.3) is 23.0 Å². The number of halogens is 1. The van der Waals surface area contributed by atoms with Gasteiger partial charge in [-0.25, -0.2) is 4.39 Å². The predicted octanol–water partition coefficient (Wildman–Crippen LogP) is 5.06. The minimum Gasteiger partial charge on any atom is -0.457 e. The molecule has 2 aromatic carbocycles. The van der Waals surface area contributed by atoms with Crippen LogP contribution < -0.4 is 0 Å². The molecule has 5 nitrogen and oxygen atoms in total. The molecule has 3 rings (SSSR count). The highest BCUT2D eigenvalue weighted by Crippen LogP contribution is 2.26. The van der Waals surface area contributed by atoms with Crippen LogP contribution in [0.5, 0.6) is 0 Å². The lowest BCUT2D eigenvalue weighted by molar-refractivity contribution is -0.384. The summed E-state index contributed by atoms with van der Waals surface area (Å²) in [5.41, 5.74) is 1.38. The second-order valence-electron chi connectivity index (χ2n) is 5.19. The standard InChI is InChI=1S/C19H11FN2O3/c20-16-3-1-2-14(10-16)19-9-8-18(25-19)11-15(12-21)13-4-6-17(7-5-13)22(23)24/h1-11H/b15-11-. The van der Waals surface area contributed by atoms with E-state index in [0.29, 0.717) is 28.2 Å². The number of nitro benzene ring substituents is 1. The van der Waals surface area contributed by atoms with Crippen molar-refractivity contribution in [2.24, 2.45) is 0 Å². The molecule has 6 heteroatoms. The van der Waals surface area contributed by atoms with Gasteiger partial charge in [-0.2, -0.15) is 5.26 Å². The highest BCUT2D eigenvalue weighted by atomic mass is 19.1. The average molecular weight is 334 g/mol. The molecule has 3 aromatic rings. The molecule has 0 saturated heterocycles. The van der Waals surface area contributed by atoms with Crippen molar-refractivity contribution in [3.05, 3.63) is 87.9 Å². The Morgan fingerprint density at radius 3 is 2.56 bits per heavy atom. The molecule has 0 aliphatic rings. The first-order chi connectivity index (χ1) is 12.1. The van der Waals surface area contributed by atoms with Crippen LogP contribution in [0.3, 0.4) is 0 Å². The molecular weight excluding hydrogens is 323 g/mol. The average Bonchev–Trinajstić information content (AvgIpc) is 3.08. The van der Waals surface area contributed by atoms with Gasteiger partial charge in [0.1, 0.15) is 17.3 Å². The SMILES string of the molecule is N#C/C(=C/c1ccc(-c2cccc(F)c2)o1)c1ccc([N+](=O)[O-])cc1. The summed E-state index contributed by atoms with van der Waals surface area (Å²) in [7, 11) is 0. The number of benzene rings is 2. The Kier molecular flexibility index (Phi) is 4.40. The van der Waals surface area contributed by atoms with Gasteiger partial charge < -0.3 is 4.42 Å². The maximum atomic E-state index is 13.3. The summed E-state index contributed by atoms with van der Waals surface area (Å²) < 4.78 is 18.9. The Bertz CT molecular complexity index is 998. The number of rotatable bonds is 4. The molecule has 25 heavy (non-hydrogen) atoms. The van der Waals surface area contributed by atoms with E-state index in [1.54, 1.807) is 24.3 Å². The van der Waals surface area contributed by atoms with Gasteiger partial charge in [-0.3, -0.25) is 10.1 Å². The predicted molar refractivity (Wildman–Crippen MR) is 90.7 cm³/mol. The molecule has 0 spiro atoms. The lowest BCUT2D eigenvalue weighted by Gasteiger charge is -1.99. The van der Waals surface area contributed by atoms with Crippen LogP contribution in [-0.4, -0.2) is 4.92 Å². The summed E-state index contributed by atoms with van der Waals surface area (Å²) in [5.74, 6) is 0.537. The fraction of sp³-hybridized carbons (Fsp3) is 0. The number of furan rings is 1. The molecule has 0 aliphatic heterocycles. The molecule has 1 heterocycles. The minimum atomic E-state index is -0.503. The molecule has 0 aliphatic carbocycles. The molecule has 0 amide bonds. The van der Waals surface area contributed by atoms with Crippen LogP contribution in [0.2, 0.25) is 0 Å². The smallest absolute Gasteiger partial charge is 0.269 e. The summed E-state index contributed by atoms with van der Waals surface area (Å²) in [6.45, 7) is 0. The van der Waals surface area contributed by atoms with Crippen LogP contribution >= 0.6 is 0 Å². The zero-order valence-electron chi connectivity index (χ0n) is 12.8. The Morgan fingerprint density at radius 1 is 1.16 bits per heavy atom. The van der Waals surface area contributed by atoms with Crippen LogP contribution in [0.4, 0.5) is 10.1 Å².